The lowest BCUT2D eigenvalue weighted by Gasteiger charge is -2.35. The summed E-state index contributed by atoms with van der Waals surface area (Å²) in [4.78, 5) is 30.1. The highest BCUT2D eigenvalue weighted by atomic mass is 19.4. The molecule has 0 radical (unpaired) electrons. The smallest absolute Gasteiger partial charge is 0.351 e. The van der Waals surface area contributed by atoms with Crippen LogP contribution in [0.2, 0.25) is 0 Å². The minimum Gasteiger partial charge on any atom is -0.351 e. The minimum atomic E-state index is -4.68. The topological polar surface area (TPSA) is 118 Å². The molecule has 9 nitrogen and oxygen atoms in total. The van der Waals surface area contributed by atoms with E-state index in [1.165, 1.54) is 24.4 Å². The molecule has 0 spiro atoms. The van der Waals surface area contributed by atoms with Gasteiger partial charge in [-0.05, 0) is 23.4 Å². The highest BCUT2D eigenvalue weighted by molar-refractivity contribution is 5.60. The molecule has 3 aromatic heterocycles. The van der Waals surface area contributed by atoms with Crippen LogP contribution < -0.4 is 10.6 Å². The predicted molar refractivity (Wildman–Crippen MR) is 103 cm³/mol. The second-order valence-electron chi connectivity index (χ2n) is 6.94. The summed E-state index contributed by atoms with van der Waals surface area (Å²) in [6.07, 6.45) is -4.25. The first-order valence-electron chi connectivity index (χ1n) is 9.13. The fraction of sp³-hybridized carbons (Fsp3) is 0.278. The van der Waals surface area contributed by atoms with Crippen LogP contribution in [0.4, 0.5) is 45.4 Å². The third-order valence-electron chi connectivity index (χ3n) is 4.42. The third-order valence-corrected chi connectivity index (χ3v) is 4.42. The molecule has 1 aliphatic carbocycles. The van der Waals surface area contributed by atoms with E-state index in [9.17, 15) is 26.9 Å². The molecule has 4 rings (SSSR count). The summed E-state index contributed by atoms with van der Waals surface area (Å²) in [6, 6.07) is 5.36. The lowest BCUT2D eigenvalue weighted by Crippen LogP contribution is -2.44. The molecule has 166 valence electrons. The normalized spacial score (nSPS) is 15.7. The standard InChI is InChI=1S/C18H13F5N8O/c19-17(20)7-10(8-17)26-16-29-14(11-2-1-3-12(27-11)18(21,22)23)28-15(30-16)25-9-4-5-24-13(6-9)31-32/h1-6,10H,7-8H2,(H2,24,25,26,28,29,30). The van der Waals surface area contributed by atoms with Gasteiger partial charge in [-0.1, -0.05) is 6.07 Å². The van der Waals surface area contributed by atoms with Gasteiger partial charge in [0.05, 0.1) is 0 Å². The third kappa shape index (κ3) is 4.90. The van der Waals surface area contributed by atoms with E-state index in [2.05, 4.69) is 40.7 Å². The highest BCUT2D eigenvalue weighted by Gasteiger charge is 2.45. The first-order chi connectivity index (χ1) is 15.1. The van der Waals surface area contributed by atoms with Gasteiger partial charge in [-0.2, -0.15) is 28.1 Å². The van der Waals surface area contributed by atoms with Crippen LogP contribution in [0.3, 0.4) is 0 Å². The Morgan fingerprint density at radius 1 is 1.03 bits per heavy atom. The molecule has 1 saturated carbocycles. The summed E-state index contributed by atoms with van der Waals surface area (Å²) in [5.41, 5.74) is -1.03. The number of rotatable bonds is 6. The van der Waals surface area contributed by atoms with E-state index in [0.29, 0.717) is 5.69 Å². The van der Waals surface area contributed by atoms with Gasteiger partial charge in [0.1, 0.15) is 11.4 Å². The second kappa shape index (κ2) is 8.01. The number of hydrogen-bond acceptors (Lipinski definition) is 9. The van der Waals surface area contributed by atoms with Gasteiger partial charge in [-0.3, -0.25) is 0 Å². The van der Waals surface area contributed by atoms with Crippen LogP contribution in [0, 0.1) is 4.91 Å². The van der Waals surface area contributed by atoms with Crippen molar-refractivity contribution in [1.82, 2.24) is 24.9 Å². The monoisotopic (exact) mass is 452 g/mol. The molecule has 0 unspecified atom stereocenters. The van der Waals surface area contributed by atoms with Crippen molar-refractivity contribution < 1.29 is 22.0 Å². The summed E-state index contributed by atoms with van der Waals surface area (Å²) in [7, 11) is 0. The zero-order valence-corrected chi connectivity index (χ0v) is 15.9. The van der Waals surface area contributed by atoms with E-state index < -0.39 is 36.7 Å². The molecule has 0 amide bonds. The lowest BCUT2D eigenvalue weighted by atomic mass is 9.88. The summed E-state index contributed by atoms with van der Waals surface area (Å²) in [5, 5.41) is 8.19. The first kappa shape index (κ1) is 21.4. The van der Waals surface area contributed by atoms with Crippen molar-refractivity contribution in [2.75, 3.05) is 10.6 Å². The average Bonchev–Trinajstić information content (AvgIpc) is 2.72. The molecule has 1 fully saturated rings. The SMILES string of the molecule is O=Nc1cc(Nc2nc(NC3CC(F)(F)C3)nc(-c3cccc(C(F)(F)F)n3)n2)ccn1. The minimum absolute atomic E-state index is 0.120. The zero-order valence-electron chi connectivity index (χ0n) is 15.9. The largest absolute Gasteiger partial charge is 0.433 e. The molecular weight excluding hydrogens is 439 g/mol. The Bertz CT molecular complexity index is 1150. The van der Waals surface area contributed by atoms with Gasteiger partial charge in [0.15, 0.2) is 11.6 Å². The maximum absolute atomic E-state index is 13.2. The van der Waals surface area contributed by atoms with Crippen LogP contribution in [0.5, 0.6) is 0 Å². The van der Waals surface area contributed by atoms with Crippen molar-refractivity contribution in [3.63, 3.8) is 0 Å². The maximum Gasteiger partial charge on any atom is 0.433 e. The number of halogens is 5. The first-order valence-corrected chi connectivity index (χ1v) is 9.13. The van der Waals surface area contributed by atoms with Crippen molar-refractivity contribution in [1.29, 1.82) is 0 Å². The Balaban J connectivity index is 1.69. The number of aromatic nitrogens is 5. The Labute approximate surface area is 176 Å². The number of nitrogens with one attached hydrogen (secondary N) is 2. The van der Waals surface area contributed by atoms with E-state index in [1.54, 1.807) is 0 Å². The summed E-state index contributed by atoms with van der Waals surface area (Å²) >= 11 is 0. The van der Waals surface area contributed by atoms with Gasteiger partial charge in [-0.15, -0.1) is 4.91 Å². The van der Waals surface area contributed by atoms with Crippen molar-refractivity contribution in [3.8, 4) is 11.5 Å². The molecule has 0 saturated heterocycles. The second-order valence-corrected chi connectivity index (χ2v) is 6.94. The van der Waals surface area contributed by atoms with E-state index in [-0.39, 0.29) is 29.2 Å². The Kier molecular flexibility index (Phi) is 5.36. The maximum atomic E-state index is 13.2. The molecule has 0 aromatic carbocycles. The fourth-order valence-corrected chi connectivity index (χ4v) is 2.95. The number of pyridine rings is 2. The molecular formula is C18H13F5N8O. The van der Waals surface area contributed by atoms with E-state index in [1.807, 2.05) is 0 Å². The van der Waals surface area contributed by atoms with Crippen molar-refractivity contribution in [2.45, 2.75) is 31.0 Å². The van der Waals surface area contributed by atoms with Crippen LogP contribution in [-0.2, 0) is 6.18 Å². The van der Waals surface area contributed by atoms with Gasteiger partial charge < -0.3 is 10.6 Å². The van der Waals surface area contributed by atoms with Crippen molar-refractivity contribution in [2.24, 2.45) is 5.18 Å². The van der Waals surface area contributed by atoms with Crippen LogP contribution in [0.1, 0.15) is 18.5 Å². The van der Waals surface area contributed by atoms with Crippen LogP contribution in [0.15, 0.2) is 41.7 Å². The zero-order chi connectivity index (χ0) is 22.9. The number of alkyl halides is 5. The number of nitroso groups, excluding NO2 is 1. The molecule has 14 heteroatoms. The van der Waals surface area contributed by atoms with E-state index >= 15 is 0 Å². The van der Waals surface area contributed by atoms with Gasteiger partial charge in [0.25, 0.3) is 5.92 Å². The lowest BCUT2D eigenvalue weighted by molar-refractivity contribution is -0.141. The quantitative estimate of drug-likeness (QED) is 0.408. The van der Waals surface area contributed by atoms with Crippen molar-refractivity contribution in [3.05, 3.63) is 47.1 Å². The van der Waals surface area contributed by atoms with Gasteiger partial charge >= 0.3 is 6.18 Å². The highest BCUT2D eigenvalue weighted by Crippen LogP contribution is 2.39. The van der Waals surface area contributed by atoms with Gasteiger partial charge in [0, 0.05) is 36.8 Å². The number of nitrogens with zero attached hydrogens (tertiary/aromatic N) is 6. The van der Waals surface area contributed by atoms with Crippen LogP contribution in [0.25, 0.3) is 11.5 Å². The predicted octanol–water partition coefficient (Wildman–Crippen LogP) is 4.70. The summed E-state index contributed by atoms with van der Waals surface area (Å²) in [6.45, 7) is 0. The number of anilines is 3. The molecule has 2 N–H and O–H groups in total. The summed E-state index contributed by atoms with van der Waals surface area (Å²) < 4.78 is 65.5. The molecule has 32 heavy (non-hydrogen) atoms. The van der Waals surface area contributed by atoms with Crippen molar-refractivity contribution >= 4 is 23.4 Å². The molecule has 0 aliphatic heterocycles. The van der Waals surface area contributed by atoms with Crippen LogP contribution >= 0.6 is 0 Å². The summed E-state index contributed by atoms with van der Waals surface area (Å²) in [5.74, 6) is -3.39. The molecule has 0 atom stereocenters. The van der Waals surface area contributed by atoms with E-state index in [0.717, 1.165) is 12.1 Å². The fourth-order valence-electron chi connectivity index (χ4n) is 2.95. The number of hydrogen-bond donors (Lipinski definition) is 2. The van der Waals surface area contributed by atoms with E-state index in [4.69, 9.17) is 0 Å². The Hall–Kier alpha value is -3.84. The molecule has 3 heterocycles. The van der Waals surface area contributed by atoms with Crippen LogP contribution in [-0.4, -0.2) is 36.9 Å². The van der Waals surface area contributed by atoms with Gasteiger partial charge in [-0.25, -0.2) is 18.7 Å². The Morgan fingerprint density at radius 3 is 2.47 bits per heavy atom. The van der Waals surface area contributed by atoms with Gasteiger partial charge in [0.2, 0.25) is 11.9 Å². The average molecular weight is 452 g/mol. The Morgan fingerprint density at radius 2 is 1.78 bits per heavy atom. The molecule has 1 aliphatic rings. The molecule has 0 bridgehead atoms. The molecule has 3 aromatic rings.